The molecule has 118 valence electrons. The second-order valence-corrected chi connectivity index (χ2v) is 5.59. The predicted molar refractivity (Wildman–Crippen MR) is 92.9 cm³/mol. The molecule has 0 bridgehead atoms. The van der Waals surface area contributed by atoms with Gasteiger partial charge in [-0.3, -0.25) is 4.90 Å². The zero-order valence-corrected chi connectivity index (χ0v) is 12.8. The lowest BCUT2D eigenvalue weighted by atomic mass is 10.1. The minimum atomic E-state index is -0.0959. The molecule has 0 unspecified atom stereocenters. The van der Waals surface area contributed by atoms with Crippen LogP contribution in [0.25, 0.3) is 0 Å². The first-order valence-electron chi connectivity index (χ1n) is 7.42. The average Bonchev–Trinajstić information content (AvgIpc) is 2.88. The van der Waals surface area contributed by atoms with Crippen molar-refractivity contribution in [2.75, 3.05) is 0 Å². The van der Waals surface area contributed by atoms with Gasteiger partial charge in [-0.1, -0.05) is 36.4 Å². The van der Waals surface area contributed by atoms with Gasteiger partial charge in [0.25, 0.3) is 0 Å². The summed E-state index contributed by atoms with van der Waals surface area (Å²) in [4.78, 5) is 10.3. The third-order valence-corrected chi connectivity index (χ3v) is 3.71. The Morgan fingerprint density at radius 3 is 2.43 bits per heavy atom. The van der Waals surface area contributed by atoms with Crippen LogP contribution in [0.1, 0.15) is 16.7 Å². The zero-order chi connectivity index (χ0) is 16.2. The molecule has 6 heteroatoms. The van der Waals surface area contributed by atoms with E-state index in [1.165, 1.54) is 16.7 Å². The summed E-state index contributed by atoms with van der Waals surface area (Å²) in [5, 5.41) is 0. The van der Waals surface area contributed by atoms with Gasteiger partial charge < -0.3 is 17.2 Å². The Bertz CT molecular complexity index is 747. The highest BCUT2D eigenvalue weighted by molar-refractivity contribution is 5.93. The van der Waals surface area contributed by atoms with E-state index in [0.29, 0.717) is 0 Å². The van der Waals surface area contributed by atoms with Crippen LogP contribution in [0, 0.1) is 0 Å². The van der Waals surface area contributed by atoms with Gasteiger partial charge in [-0.25, -0.2) is 4.99 Å². The van der Waals surface area contributed by atoms with Crippen LogP contribution >= 0.6 is 0 Å². The summed E-state index contributed by atoms with van der Waals surface area (Å²) in [6, 6.07) is 16.5. The Balaban J connectivity index is 1.72. The first-order valence-corrected chi connectivity index (χ1v) is 7.42. The quantitative estimate of drug-likeness (QED) is 0.589. The van der Waals surface area contributed by atoms with E-state index in [9.17, 15) is 0 Å². The number of hydrogen-bond acceptors (Lipinski definition) is 2. The fraction of sp³-hybridized carbons (Fsp3) is 0.176. The Morgan fingerprint density at radius 2 is 1.70 bits per heavy atom. The molecule has 0 saturated heterocycles. The van der Waals surface area contributed by atoms with Crippen LogP contribution in [0.15, 0.2) is 58.5 Å². The highest BCUT2D eigenvalue weighted by Crippen LogP contribution is 2.28. The molecule has 1 aliphatic heterocycles. The minimum absolute atomic E-state index is 0.0593. The molecule has 0 fully saturated rings. The molecule has 2 aromatic rings. The molecule has 2 aromatic carbocycles. The maximum Gasteiger partial charge on any atom is 0.223 e. The highest BCUT2D eigenvalue weighted by atomic mass is 15.1. The molecule has 6 nitrogen and oxygen atoms in total. The Morgan fingerprint density at radius 1 is 0.957 bits per heavy atom. The fourth-order valence-electron chi connectivity index (χ4n) is 2.76. The van der Waals surface area contributed by atoms with Crippen molar-refractivity contribution in [1.82, 2.24) is 4.90 Å². The second kappa shape index (κ2) is 6.50. The molecule has 0 saturated carbocycles. The number of fused-ring (bicyclic) bond motifs is 1. The minimum Gasteiger partial charge on any atom is -0.370 e. The van der Waals surface area contributed by atoms with Crippen molar-refractivity contribution >= 4 is 17.6 Å². The molecular formula is C17H20N6. The Labute approximate surface area is 135 Å². The van der Waals surface area contributed by atoms with Crippen molar-refractivity contribution in [1.29, 1.82) is 0 Å². The molecule has 3 rings (SSSR count). The third-order valence-electron chi connectivity index (χ3n) is 3.71. The fourth-order valence-corrected chi connectivity index (χ4v) is 2.76. The highest BCUT2D eigenvalue weighted by Gasteiger charge is 2.19. The van der Waals surface area contributed by atoms with E-state index in [1.54, 1.807) is 0 Å². The van der Waals surface area contributed by atoms with E-state index >= 15 is 0 Å². The Hall–Kier alpha value is -2.86. The summed E-state index contributed by atoms with van der Waals surface area (Å²) in [6.07, 6.45) is 0. The van der Waals surface area contributed by atoms with E-state index in [1.807, 2.05) is 18.2 Å². The lowest BCUT2D eigenvalue weighted by Crippen LogP contribution is -2.26. The van der Waals surface area contributed by atoms with Gasteiger partial charge in [0.1, 0.15) is 0 Å². The van der Waals surface area contributed by atoms with Crippen LogP contribution in [0.2, 0.25) is 0 Å². The van der Waals surface area contributed by atoms with Gasteiger partial charge in [-0.15, -0.1) is 0 Å². The first-order chi connectivity index (χ1) is 11.1. The molecule has 1 heterocycles. The molecule has 0 amide bonds. The van der Waals surface area contributed by atoms with Gasteiger partial charge in [0.05, 0.1) is 5.69 Å². The van der Waals surface area contributed by atoms with E-state index < -0.39 is 0 Å². The number of rotatable bonds is 3. The van der Waals surface area contributed by atoms with E-state index in [0.717, 1.165) is 25.3 Å². The van der Waals surface area contributed by atoms with Crippen molar-refractivity contribution < 1.29 is 0 Å². The molecule has 23 heavy (non-hydrogen) atoms. The normalized spacial score (nSPS) is 14.5. The average molecular weight is 308 g/mol. The summed E-state index contributed by atoms with van der Waals surface area (Å²) >= 11 is 0. The lowest BCUT2D eigenvalue weighted by Gasteiger charge is -2.14. The third kappa shape index (κ3) is 3.87. The van der Waals surface area contributed by atoms with Crippen LogP contribution in [-0.2, 0) is 19.6 Å². The van der Waals surface area contributed by atoms with Crippen molar-refractivity contribution in [3.63, 3.8) is 0 Å². The van der Waals surface area contributed by atoms with Crippen LogP contribution in [0.5, 0.6) is 0 Å². The van der Waals surface area contributed by atoms with Gasteiger partial charge in [-0.2, -0.15) is 4.99 Å². The van der Waals surface area contributed by atoms with E-state index in [2.05, 4.69) is 45.2 Å². The number of aliphatic imine (C=N–C) groups is 2. The molecule has 1 aliphatic rings. The smallest absolute Gasteiger partial charge is 0.223 e. The molecule has 0 aliphatic carbocycles. The van der Waals surface area contributed by atoms with Crippen molar-refractivity contribution in [2.45, 2.75) is 19.6 Å². The number of hydrogen-bond donors (Lipinski definition) is 3. The van der Waals surface area contributed by atoms with Gasteiger partial charge in [0.2, 0.25) is 5.96 Å². The van der Waals surface area contributed by atoms with E-state index in [4.69, 9.17) is 17.2 Å². The van der Waals surface area contributed by atoms with Crippen molar-refractivity contribution in [2.24, 2.45) is 27.2 Å². The van der Waals surface area contributed by atoms with Gasteiger partial charge >= 0.3 is 0 Å². The summed E-state index contributed by atoms with van der Waals surface area (Å²) in [7, 11) is 0. The van der Waals surface area contributed by atoms with Gasteiger partial charge in [-0.05, 0) is 28.8 Å². The monoisotopic (exact) mass is 308 g/mol. The van der Waals surface area contributed by atoms with Crippen LogP contribution in [-0.4, -0.2) is 16.8 Å². The molecule has 0 aromatic heterocycles. The zero-order valence-electron chi connectivity index (χ0n) is 12.8. The molecular weight excluding hydrogens is 288 g/mol. The summed E-state index contributed by atoms with van der Waals surface area (Å²) in [6.45, 7) is 2.78. The van der Waals surface area contributed by atoms with Crippen LogP contribution in [0.3, 0.4) is 0 Å². The molecule has 0 radical (unpaired) electrons. The maximum absolute atomic E-state index is 5.67. The van der Waals surface area contributed by atoms with Crippen molar-refractivity contribution in [3.05, 3.63) is 65.2 Å². The summed E-state index contributed by atoms with van der Waals surface area (Å²) in [5.74, 6) is -0.0365. The largest absolute Gasteiger partial charge is 0.370 e. The van der Waals surface area contributed by atoms with Crippen LogP contribution in [0.4, 0.5) is 5.69 Å². The topological polar surface area (TPSA) is 106 Å². The van der Waals surface area contributed by atoms with Crippen LogP contribution < -0.4 is 17.2 Å². The predicted octanol–water partition coefficient (Wildman–Crippen LogP) is 1.42. The van der Waals surface area contributed by atoms with Gasteiger partial charge in [0.15, 0.2) is 5.96 Å². The molecule has 0 spiro atoms. The first kappa shape index (κ1) is 15.1. The number of nitrogens with zero attached hydrogens (tertiary/aromatic N) is 3. The van der Waals surface area contributed by atoms with Crippen molar-refractivity contribution in [3.8, 4) is 0 Å². The Kier molecular flexibility index (Phi) is 4.25. The second-order valence-electron chi connectivity index (χ2n) is 5.59. The standard InChI is InChI=1S/C17H20N6/c18-16(19)22-17(20)21-15-7-6-13-10-23(11-14(13)8-15)9-12-4-2-1-3-5-12/h1-8H,9-11H2,(H6,18,19,20,21,22). The summed E-state index contributed by atoms with van der Waals surface area (Å²) < 4.78 is 0. The molecule has 0 atom stereocenters. The number of guanidine groups is 2. The SMILES string of the molecule is NC(N)=NC(N)=Nc1ccc2c(c1)CN(Cc1ccccc1)C2. The summed E-state index contributed by atoms with van der Waals surface area (Å²) in [5.41, 5.74) is 20.9. The lowest BCUT2D eigenvalue weighted by molar-refractivity contribution is 0.275. The number of nitrogens with two attached hydrogens (primary N) is 3. The maximum atomic E-state index is 5.67. The van der Waals surface area contributed by atoms with E-state index in [-0.39, 0.29) is 11.9 Å². The van der Waals surface area contributed by atoms with Gasteiger partial charge in [0, 0.05) is 19.6 Å². The molecule has 6 N–H and O–H groups in total. The number of benzene rings is 2.